The first kappa shape index (κ1) is 21.8. The predicted molar refractivity (Wildman–Crippen MR) is 123 cm³/mol. The minimum Gasteiger partial charge on any atom is -0.497 e. The van der Waals surface area contributed by atoms with Gasteiger partial charge in [-0.2, -0.15) is 5.10 Å². The van der Waals surface area contributed by atoms with Crippen LogP contribution < -0.4 is 15.4 Å². The molecule has 168 valence electrons. The first-order valence-electron chi connectivity index (χ1n) is 10.8. The smallest absolute Gasteiger partial charge is 0.269 e. The first-order valence-corrected chi connectivity index (χ1v) is 10.8. The van der Waals surface area contributed by atoms with Crippen molar-refractivity contribution in [2.45, 2.75) is 25.8 Å². The number of nitrogens with zero attached hydrogens (tertiary/aromatic N) is 5. The van der Waals surface area contributed by atoms with Gasteiger partial charge in [-0.25, -0.2) is 9.97 Å². The van der Waals surface area contributed by atoms with Gasteiger partial charge in [0.1, 0.15) is 17.1 Å². The fourth-order valence-electron chi connectivity index (χ4n) is 3.89. The summed E-state index contributed by atoms with van der Waals surface area (Å²) in [5.41, 5.74) is 2.55. The molecule has 1 unspecified atom stereocenters. The van der Waals surface area contributed by atoms with Gasteiger partial charge in [0.25, 0.3) is 5.91 Å². The number of ether oxygens (including phenoxy) is 1. The van der Waals surface area contributed by atoms with Crippen LogP contribution in [0, 0.1) is 0 Å². The standard InChI is InChI=1S/C23H29N7O2/c1-16(15-30-11-4-5-12-30)25-22(31)21-14-20(28-29(21)2)19-9-10-24-23(27-19)26-17-7-6-8-18(13-17)32-3/h6-10,13-14,16H,4-5,11-12,15H2,1-3H3,(H,25,31)(H,24,26,27). The Morgan fingerprint density at radius 2 is 2.00 bits per heavy atom. The summed E-state index contributed by atoms with van der Waals surface area (Å²) >= 11 is 0. The van der Waals surface area contributed by atoms with Gasteiger partial charge < -0.3 is 20.3 Å². The number of likely N-dealkylation sites (tertiary alicyclic amines) is 1. The van der Waals surface area contributed by atoms with Crippen LogP contribution in [-0.2, 0) is 7.05 Å². The average molecular weight is 436 g/mol. The molecule has 1 saturated heterocycles. The van der Waals surface area contributed by atoms with Crippen LogP contribution in [0.3, 0.4) is 0 Å². The number of hydrogen-bond acceptors (Lipinski definition) is 7. The molecule has 0 bridgehead atoms. The van der Waals surface area contributed by atoms with Gasteiger partial charge in [0.05, 0.1) is 12.8 Å². The van der Waals surface area contributed by atoms with Crippen molar-refractivity contribution in [3.05, 3.63) is 48.3 Å². The average Bonchev–Trinajstić information content (AvgIpc) is 3.43. The van der Waals surface area contributed by atoms with Crippen LogP contribution in [0.2, 0.25) is 0 Å². The molecule has 1 fully saturated rings. The molecule has 1 amide bonds. The molecule has 0 radical (unpaired) electrons. The van der Waals surface area contributed by atoms with Crippen LogP contribution in [0.15, 0.2) is 42.6 Å². The zero-order chi connectivity index (χ0) is 22.5. The third-order valence-electron chi connectivity index (χ3n) is 5.46. The van der Waals surface area contributed by atoms with Crippen molar-refractivity contribution in [3.8, 4) is 17.1 Å². The Bertz CT molecular complexity index is 1080. The summed E-state index contributed by atoms with van der Waals surface area (Å²) in [5.74, 6) is 1.04. The zero-order valence-electron chi connectivity index (χ0n) is 18.7. The Labute approximate surface area is 187 Å². The number of aromatic nitrogens is 4. The Hall–Kier alpha value is -3.46. The lowest BCUT2D eigenvalue weighted by Gasteiger charge is -2.21. The normalized spacial score (nSPS) is 14.8. The first-order chi connectivity index (χ1) is 15.5. The van der Waals surface area contributed by atoms with Gasteiger partial charge in [0, 0.05) is 37.6 Å². The predicted octanol–water partition coefficient (Wildman–Crippen LogP) is 2.84. The van der Waals surface area contributed by atoms with Crippen molar-refractivity contribution < 1.29 is 9.53 Å². The molecule has 2 N–H and O–H groups in total. The number of rotatable bonds is 8. The number of methoxy groups -OCH3 is 1. The molecule has 2 aromatic heterocycles. The van der Waals surface area contributed by atoms with Crippen LogP contribution in [0.25, 0.3) is 11.4 Å². The maximum Gasteiger partial charge on any atom is 0.269 e. The van der Waals surface area contributed by atoms with E-state index in [0.717, 1.165) is 31.1 Å². The Morgan fingerprint density at radius 3 is 2.78 bits per heavy atom. The minimum absolute atomic E-state index is 0.0664. The number of carbonyl (C=O) groups is 1. The highest BCUT2D eigenvalue weighted by Gasteiger charge is 2.20. The summed E-state index contributed by atoms with van der Waals surface area (Å²) in [6.07, 6.45) is 4.14. The van der Waals surface area contributed by atoms with Gasteiger partial charge in [0.2, 0.25) is 5.95 Å². The molecule has 9 heteroatoms. The van der Waals surface area contributed by atoms with Crippen LogP contribution in [0.1, 0.15) is 30.3 Å². The summed E-state index contributed by atoms with van der Waals surface area (Å²) in [4.78, 5) is 24.0. The van der Waals surface area contributed by atoms with Crippen molar-refractivity contribution in [1.29, 1.82) is 0 Å². The third-order valence-corrected chi connectivity index (χ3v) is 5.46. The number of benzene rings is 1. The number of aryl methyl sites for hydroxylation is 1. The number of anilines is 2. The highest BCUT2D eigenvalue weighted by molar-refractivity contribution is 5.93. The van der Waals surface area contributed by atoms with Gasteiger partial charge in [-0.05, 0) is 57.1 Å². The van der Waals surface area contributed by atoms with Crippen LogP contribution >= 0.6 is 0 Å². The number of carbonyl (C=O) groups excluding carboxylic acids is 1. The molecular weight excluding hydrogens is 406 g/mol. The molecule has 0 saturated carbocycles. The fourth-order valence-corrected chi connectivity index (χ4v) is 3.89. The molecule has 1 aromatic carbocycles. The summed E-state index contributed by atoms with van der Waals surface area (Å²) in [6, 6.07) is 11.1. The zero-order valence-corrected chi connectivity index (χ0v) is 18.7. The highest BCUT2D eigenvalue weighted by Crippen LogP contribution is 2.22. The van der Waals surface area contributed by atoms with Crippen molar-refractivity contribution in [2.75, 3.05) is 32.1 Å². The lowest BCUT2D eigenvalue weighted by atomic mass is 10.2. The Kier molecular flexibility index (Phi) is 6.65. The van der Waals surface area contributed by atoms with E-state index in [-0.39, 0.29) is 11.9 Å². The molecule has 4 rings (SSSR count). The van der Waals surface area contributed by atoms with Gasteiger partial charge in [-0.1, -0.05) is 6.07 Å². The monoisotopic (exact) mass is 435 g/mol. The summed E-state index contributed by atoms with van der Waals surface area (Å²) < 4.78 is 6.84. The summed E-state index contributed by atoms with van der Waals surface area (Å²) in [6.45, 7) is 5.11. The van der Waals surface area contributed by atoms with Gasteiger partial charge >= 0.3 is 0 Å². The second kappa shape index (κ2) is 9.78. The highest BCUT2D eigenvalue weighted by atomic mass is 16.5. The molecule has 32 heavy (non-hydrogen) atoms. The van der Waals surface area contributed by atoms with Crippen molar-refractivity contribution >= 4 is 17.5 Å². The largest absolute Gasteiger partial charge is 0.497 e. The SMILES string of the molecule is COc1cccc(Nc2nccc(-c3cc(C(=O)NC(C)CN4CCCC4)n(C)n3)n2)c1. The molecule has 0 aliphatic carbocycles. The van der Waals surface area contributed by atoms with E-state index in [1.807, 2.05) is 31.2 Å². The molecule has 3 heterocycles. The molecule has 1 aliphatic rings. The van der Waals surface area contributed by atoms with E-state index in [2.05, 4.69) is 30.6 Å². The van der Waals surface area contributed by atoms with Crippen LogP contribution in [0.5, 0.6) is 5.75 Å². The molecular formula is C23H29N7O2. The van der Waals surface area contributed by atoms with E-state index in [9.17, 15) is 4.79 Å². The topological polar surface area (TPSA) is 97.2 Å². The minimum atomic E-state index is -0.137. The van der Waals surface area contributed by atoms with E-state index in [1.165, 1.54) is 12.8 Å². The lowest BCUT2D eigenvalue weighted by Crippen LogP contribution is -2.41. The number of amides is 1. The maximum absolute atomic E-state index is 12.8. The van der Waals surface area contributed by atoms with Gasteiger partial charge in [0.15, 0.2) is 0 Å². The Balaban J connectivity index is 1.45. The van der Waals surface area contributed by atoms with E-state index in [1.54, 1.807) is 37.2 Å². The lowest BCUT2D eigenvalue weighted by molar-refractivity contribution is 0.0922. The van der Waals surface area contributed by atoms with E-state index in [4.69, 9.17) is 4.74 Å². The molecule has 1 aliphatic heterocycles. The van der Waals surface area contributed by atoms with E-state index >= 15 is 0 Å². The Morgan fingerprint density at radius 1 is 1.19 bits per heavy atom. The van der Waals surface area contributed by atoms with Gasteiger partial charge in [-0.15, -0.1) is 0 Å². The molecule has 9 nitrogen and oxygen atoms in total. The van der Waals surface area contributed by atoms with E-state index in [0.29, 0.717) is 23.0 Å². The molecule has 0 spiro atoms. The van der Waals surface area contributed by atoms with Gasteiger partial charge in [-0.3, -0.25) is 9.48 Å². The molecule has 1 atom stereocenters. The number of hydrogen-bond donors (Lipinski definition) is 2. The second-order valence-corrected chi connectivity index (χ2v) is 8.04. The maximum atomic E-state index is 12.8. The fraction of sp³-hybridized carbons (Fsp3) is 0.391. The quantitative estimate of drug-likeness (QED) is 0.561. The van der Waals surface area contributed by atoms with E-state index < -0.39 is 0 Å². The van der Waals surface area contributed by atoms with Crippen molar-refractivity contribution in [1.82, 2.24) is 30.0 Å². The summed E-state index contributed by atoms with van der Waals surface area (Å²) in [5, 5.41) is 10.8. The van der Waals surface area contributed by atoms with Crippen LogP contribution in [0.4, 0.5) is 11.6 Å². The van der Waals surface area contributed by atoms with Crippen LogP contribution in [-0.4, -0.2) is 63.3 Å². The third kappa shape index (κ3) is 5.23. The second-order valence-electron chi connectivity index (χ2n) is 8.04. The number of nitrogens with one attached hydrogen (secondary N) is 2. The van der Waals surface area contributed by atoms with Crippen molar-refractivity contribution in [3.63, 3.8) is 0 Å². The van der Waals surface area contributed by atoms with Crippen molar-refractivity contribution in [2.24, 2.45) is 7.05 Å². The summed E-state index contributed by atoms with van der Waals surface area (Å²) in [7, 11) is 3.39. The molecule has 3 aromatic rings.